The SMILES string of the molecule is NCc1cccc2ccn(Cc3nccn3C(F)F)c12. The lowest BCUT2D eigenvalue weighted by molar-refractivity contribution is 0.0667. The van der Waals surface area contributed by atoms with Gasteiger partial charge in [-0.2, -0.15) is 8.78 Å². The van der Waals surface area contributed by atoms with Gasteiger partial charge >= 0.3 is 6.55 Å². The van der Waals surface area contributed by atoms with Crippen LogP contribution in [-0.2, 0) is 13.1 Å². The van der Waals surface area contributed by atoms with Crippen LogP contribution in [0.25, 0.3) is 10.9 Å². The topological polar surface area (TPSA) is 48.8 Å². The van der Waals surface area contributed by atoms with Crippen molar-refractivity contribution < 1.29 is 8.78 Å². The second kappa shape index (κ2) is 5.05. The molecule has 0 aliphatic rings. The second-order valence-electron chi connectivity index (χ2n) is 4.53. The molecule has 0 unspecified atom stereocenters. The van der Waals surface area contributed by atoms with E-state index in [9.17, 15) is 8.78 Å². The Bertz CT molecular complexity index is 730. The number of aromatic nitrogens is 3. The molecule has 2 N–H and O–H groups in total. The standard InChI is InChI=1S/C14H14F2N4/c15-14(16)20-7-5-18-12(20)9-19-6-4-10-2-1-3-11(8-17)13(10)19/h1-7,14H,8-9,17H2. The van der Waals surface area contributed by atoms with Crippen molar-refractivity contribution >= 4 is 10.9 Å². The molecule has 0 fully saturated rings. The Morgan fingerprint density at radius 1 is 1.20 bits per heavy atom. The minimum Gasteiger partial charge on any atom is -0.340 e. The first kappa shape index (κ1) is 12.8. The molecular formula is C14H14F2N4. The summed E-state index contributed by atoms with van der Waals surface area (Å²) in [6, 6.07) is 7.81. The van der Waals surface area contributed by atoms with Crippen LogP contribution in [0.3, 0.4) is 0 Å². The summed E-state index contributed by atoms with van der Waals surface area (Å²) in [5.74, 6) is 0.323. The molecule has 0 bridgehead atoms. The largest absolute Gasteiger partial charge is 0.340 e. The van der Waals surface area contributed by atoms with Gasteiger partial charge in [0.05, 0.1) is 12.1 Å². The van der Waals surface area contributed by atoms with Crippen LogP contribution in [0.5, 0.6) is 0 Å². The van der Waals surface area contributed by atoms with Gasteiger partial charge in [-0.25, -0.2) is 4.98 Å². The number of halogens is 2. The molecule has 0 saturated heterocycles. The average Bonchev–Trinajstić information content (AvgIpc) is 3.06. The normalized spacial score (nSPS) is 11.6. The second-order valence-corrected chi connectivity index (χ2v) is 4.53. The van der Waals surface area contributed by atoms with Gasteiger partial charge in [-0.05, 0) is 17.0 Å². The Hall–Kier alpha value is -2.21. The van der Waals surface area contributed by atoms with Gasteiger partial charge in [0.1, 0.15) is 5.82 Å². The lowest BCUT2D eigenvalue weighted by Gasteiger charge is -2.10. The molecule has 0 aliphatic carbocycles. The predicted octanol–water partition coefficient (Wildman–Crippen LogP) is 2.74. The highest BCUT2D eigenvalue weighted by Gasteiger charge is 2.13. The maximum Gasteiger partial charge on any atom is 0.319 e. The van der Waals surface area contributed by atoms with Gasteiger partial charge in [0.15, 0.2) is 0 Å². The van der Waals surface area contributed by atoms with Crippen molar-refractivity contribution in [2.24, 2.45) is 5.73 Å². The molecule has 4 nitrogen and oxygen atoms in total. The molecule has 0 radical (unpaired) electrons. The third-order valence-electron chi connectivity index (χ3n) is 3.36. The summed E-state index contributed by atoms with van der Waals surface area (Å²) in [5.41, 5.74) is 7.70. The number of fused-ring (bicyclic) bond motifs is 1. The minimum absolute atomic E-state index is 0.290. The van der Waals surface area contributed by atoms with Gasteiger partial charge in [0.2, 0.25) is 0 Å². The molecule has 3 aromatic rings. The van der Waals surface area contributed by atoms with Crippen LogP contribution in [0.15, 0.2) is 42.9 Å². The number of alkyl halides is 2. The number of rotatable bonds is 4. The lowest BCUT2D eigenvalue weighted by Crippen LogP contribution is -2.09. The van der Waals surface area contributed by atoms with E-state index in [1.54, 1.807) is 0 Å². The number of para-hydroxylation sites is 1. The quantitative estimate of drug-likeness (QED) is 0.796. The molecule has 0 aliphatic heterocycles. The smallest absolute Gasteiger partial charge is 0.319 e. The fourth-order valence-corrected chi connectivity index (χ4v) is 2.43. The van der Waals surface area contributed by atoms with Crippen LogP contribution in [0.1, 0.15) is 17.9 Å². The Kier molecular flexibility index (Phi) is 3.23. The van der Waals surface area contributed by atoms with Crippen LogP contribution in [0.4, 0.5) is 8.78 Å². The maximum absolute atomic E-state index is 12.8. The zero-order chi connectivity index (χ0) is 14.1. The number of imidazole rings is 1. The molecule has 6 heteroatoms. The molecule has 1 aromatic carbocycles. The Balaban J connectivity index is 2.05. The van der Waals surface area contributed by atoms with Crippen molar-refractivity contribution in [3.8, 4) is 0 Å². The van der Waals surface area contributed by atoms with Gasteiger partial charge in [0.25, 0.3) is 0 Å². The summed E-state index contributed by atoms with van der Waals surface area (Å²) in [6.07, 6.45) is 4.54. The Morgan fingerprint density at radius 2 is 2.05 bits per heavy atom. The van der Waals surface area contributed by atoms with E-state index in [1.165, 1.54) is 12.4 Å². The number of benzene rings is 1. The van der Waals surface area contributed by atoms with E-state index in [-0.39, 0.29) is 6.54 Å². The zero-order valence-electron chi connectivity index (χ0n) is 10.7. The lowest BCUT2D eigenvalue weighted by atomic mass is 10.1. The molecule has 0 spiro atoms. The third-order valence-corrected chi connectivity index (χ3v) is 3.36. The first-order valence-corrected chi connectivity index (χ1v) is 6.27. The molecule has 0 saturated carbocycles. The Labute approximate surface area is 114 Å². The van der Waals surface area contributed by atoms with E-state index < -0.39 is 6.55 Å². The molecule has 104 valence electrons. The maximum atomic E-state index is 12.8. The third kappa shape index (κ3) is 2.08. The first-order valence-electron chi connectivity index (χ1n) is 6.27. The van der Waals surface area contributed by atoms with Crippen LogP contribution >= 0.6 is 0 Å². The number of hydrogen-bond acceptors (Lipinski definition) is 2. The van der Waals surface area contributed by atoms with Crippen molar-refractivity contribution in [3.63, 3.8) is 0 Å². The summed E-state index contributed by atoms with van der Waals surface area (Å²) in [5, 5.41) is 1.04. The number of hydrogen-bond donors (Lipinski definition) is 1. The van der Waals surface area contributed by atoms with Crippen molar-refractivity contribution in [3.05, 3.63) is 54.2 Å². The van der Waals surface area contributed by atoms with E-state index in [2.05, 4.69) is 4.98 Å². The number of nitrogens with two attached hydrogens (primary N) is 1. The summed E-state index contributed by atoms with van der Waals surface area (Å²) in [6.45, 7) is -1.88. The van der Waals surface area contributed by atoms with Crippen molar-refractivity contribution in [1.82, 2.24) is 14.1 Å². The summed E-state index contributed by atoms with van der Waals surface area (Å²) < 4.78 is 28.5. The molecule has 0 amide bonds. The van der Waals surface area contributed by atoms with Crippen molar-refractivity contribution in [2.75, 3.05) is 0 Å². The van der Waals surface area contributed by atoms with Crippen LogP contribution in [0, 0.1) is 0 Å². The van der Waals surface area contributed by atoms with Gasteiger partial charge in [0, 0.05) is 25.1 Å². The van der Waals surface area contributed by atoms with E-state index in [4.69, 9.17) is 5.73 Å². The highest BCUT2D eigenvalue weighted by Crippen LogP contribution is 2.22. The molecular weight excluding hydrogens is 262 g/mol. The molecule has 0 atom stereocenters. The predicted molar refractivity (Wildman–Crippen MR) is 72.4 cm³/mol. The number of nitrogens with zero attached hydrogens (tertiary/aromatic N) is 3. The summed E-state index contributed by atoms with van der Waals surface area (Å²) in [7, 11) is 0. The minimum atomic E-state index is -2.58. The van der Waals surface area contributed by atoms with E-state index in [0.29, 0.717) is 12.4 Å². The van der Waals surface area contributed by atoms with Gasteiger partial charge < -0.3 is 10.3 Å². The fraction of sp³-hybridized carbons (Fsp3) is 0.214. The highest BCUT2D eigenvalue weighted by atomic mass is 19.3. The van der Waals surface area contributed by atoms with Gasteiger partial charge in [-0.1, -0.05) is 18.2 Å². The zero-order valence-corrected chi connectivity index (χ0v) is 10.7. The van der Waals surface area contributed by atoms with Crippen LogP contribution < -0.4 is 5.73 Å². The molecule has 3 rings (SSSR count). The van der Waals surface area contributed by atoms with E-state index in [0.717, 1.165) is 21.0 Å². The monoisotopic (exact) mass is 276 g/mol. The first-order chi connectivity index (χ1) is 9.70. The van der Waals surface area contributed by atoms with Gasteiger partial charge in [-0.15, -0.1) is 0 Å². The van der Waals surface area contributed by atoms with E-state index >= 15 is 0 Å². The van der Waals surface area contributed by atoms with Crippen LogP contribution in [0.2, 0.25) is 0 Å². The van der Waals surface area contributed by atoms with Crippen molar-refractivity contribution in [1.29, 1.82) is 0 Å². The molecule has 2 heterocycles. The Morgan fingerprint density at radius 3 is 2.80 bits per heavy atom. The van der Waals surface area contributed by atoms with Crippen molar-refractivity contribution in [2.45, 2.75) is 19.6 Å². The van der Waals surface area contributed by atoms with Crippen LogP contribution in [-0.4, -0.2) is 14.1 Å². The summed E-state index contributed by atoms with van der Waals surface area (Å²) in [4.78, 5) is 4.01. The van der Waals surface area contributed by atoms with Gasteiger partial charge in [-0.3, -0.25) is 4.57 Å². The fourth-order valence-electron chi connectivity index (χ4n) is 2.43. The molecule has 2 aromatic heterocycles. The summed E-state index contributed by atoms with van der Waals surface area (Å²) >= 11 is 0. The molecule has 20 heavy (non-hydrogen) atoms. The average molecular weight is 276 g/mol. The van der Waals surface area contributed by atoms with E-state index in [1.807, 2.05) is 35.0 Å². The highest BCUT2D eigenvalue weighted by molar-refractivity contribution is 5.83.